The molecule has 0 radical (unpaired) electrons. The highest BCUT2D eigenvalue weighted by atomic mass is 19.4. The molecule has 0 amide bonds. The molecule has 25 heavy (non-hydrogen) atoms. The first kappa shape index (κ1) is 16.4. The van der Waals surface area contributed by atoms with Crippen LogP contribution in [0.1, 0.15) is 35.2 Å². The molecule has 0 unspecified atom stereocenters. The highest BCUT2D eigenvalue weighted by Gasteiger charge is 2.42. The number of anilines is 1. The van der Waals surface area contributed by atoms with Crippen LogP contribution < -0.4 is 4.90 Å². The minimum atomic E-state index is -4.35. The van der Waals surface area contributed by atoms with Crippen LogP contribution in [0, 0.1) is 6.92 Å². The molecule has 0 N–H and O–H groups in total. The Morgan fingerprint density at radius 3 is 2.56 bits per heavy atom. The van der Waals surface area contributed by atoms with Gasteiger partial charge in [0.1, 0.15) is 5.82 Å². The Bertz CT molecular complexity index is 795. The summed E-state index contributed by atoms with van der Waals surface area (Å²) in [5, 5.41) is 0. The monoisotopic (exact) mass is 348 g/mol. The minimum Gasteiger partial charge on any atom is -0.365 e. The first-order chi connectivity index (χ1) is 11.9. The molecule has 1 saturated heterocycles. The summed E-state index contributed by atoms with van der Waals surface area (Å²) in [5.41, 5.74) is 1.88. The van der Waals surface area contributed by atoms with Crippen molar-refractivity contribution in [3.05, 3.63) is 58.8 Å². The fraction of sp³-hybridized carbons (Fsp3) is 0.421. The number of hydrogen-bond acceptors (Lipinski definition) is 3. The van der Waals surface area contributed by atoms with Crippen LogP contribution in [0.5, 0.6) is 0 Å². The molecule has 1 spiro atoms. The zero-order chi connectivity index (χ0) is 17.7. The molecule has 6 heteroatoms. The molecule has 0 aliphatic carbocycles. The van der Waals surface area contributed by atoms with E-state index in [2.05, 4.69) is 17.1 Å². The third-order valence-corrected chi connectivity index (χ3v) is 5.17. The molecule has 3 heterocycles. The fourth-order valence-electron chi connectivity index (χ4n) is 3.87. The zero-order valence-electron chi connectivity index (χ0n) is 13.9. The Labute approximate surface area is 144 Å². The summed E-state index contributed by atoms with van der Waals surface area (Å²) in [6.07, 6.45) is -2.85. The standard InChI is InChI=1S/C19H19F3N2O/c1-13-10-15(19(20,21)22)11-17(23-13)24-8-6-18(7-9-24)16-5-3-2-4-14(16)12-25-18/h2-5,10-11H,6-9,12H2,1H3. The van der Waals surface area contributed by atoms with Crippen molar-refractivity contribution in [1.29, 1.82) is 0 Å². The molecule has 132 valence electrons. The Hall–Kier alpha value is -2.08. The number of piperidine rings is 1. The van der Waals surface area contributed by atoms with Crippen LogP contribution in [-0.2, 0) is 23.1 Å². The summed E-state index contributed by atoms with van der Waals surface area (Å²) in [6, 6.07) is 10.4. The van der Waals surface area contributed by atoms with Crippen LogP contribution in [0.15, 0.2) is 36.4 Å². The second-order valence-corrected chi connectivity index (χ2v) is 6.78. The molecule has 1 aromatic carbocycles. The summed E-state index contributed by atoms with van der Waals surface area (Å²) in [7, 11) is 0. The van der Waals surface area contributed by atoms with Crippen LogP contribution in [0.2, 0.25) is 0 Å². The molecule has 3 nitrogen and oxygen atoms in total. The van der Waals surface area contributed by atoms with Gasteiger partial charge in [0.25, 0.3) is 0 Å². The molecule has 2 aliphatic rings. The number of fused-ring (bicyclic) bond motifs is 2. The van der Waals surface area contributed by atoms with Crippen molar-refractivity contribution in [2.24, 2.45) is 0 Å². The van der Waals surface area contributed by atoms with Crippen LogP contribution in [-0.4, -0.2) is 18.1 Å². The normalized spacial score (nSPS) is 19.3. The lowest BCUT2D eigenvalue weighted by Crippen LogP contribution is -2.43. The summed E-state index contributed by atoms with van der Waals surface area (Å²) >= 11 is 0. The molecular formula is C19H19F3N2O. The molecule has 0 bridgehead atoms. The maximum atomic E-state index is 13.1. The van der Waals surface area contributed by atoms with Gasteiger partial charge in [-0.05, 0) is 43.0 Å². The summed E-state index contributed by atoms with van der Waals surface area (Å²) in [6.45, 7) is 3.46. The van der Waals surface area contributed by atoms with Gasteiger partial charge in [0.05, 0.1) is 17.8 Å². The maximum Gasteiger partial charge on any atom is 0.416 e. The Morgan fingerprint density at radius 1 is 1.12 bits per heavy atom. The van der Waals surface area contributed by atoms with Gasteiger partial charge in [0.2, 0.25) is 0 Å². The van der Waals surface area contributed by atoms with E-state index < -0.39 is 11.7 Å². The van der Waals surface area contributed by atoms with Gasteiger partial charge < -0.3 is 9.64 Å². The fourth-order valence-corrected chi connectivity index (χ4v) is 3.87. The Balaban J connectivity index is 1.56. The third kappa shape index (κ3) is 2.88. The summed E-state index contributed by atoms with van der Waals surface area (Å²) < 4.78 is 45.3. The predicted molar refractivity (Wildman–Crippen MR) is 88.3 cm³/mol. The van der Waals surface area contributed by atoms with Crippen molar-refractivity contribution in [1.82, 2.24) is 4.98 Å². The van der Waals surface area contributed by atoms with Crippen molar-refractivity contribution in [3.63, 3.8) is 0 Å². The number of pyridine rings is 1. The van der Waals surface area contributed by atoms with Gasteiger partial charge in [-0.25, -0.2) is 4.98 Å². The lowest BCUT2D eigenvalue weighted by Gasteiger charge is -2.40. The number of benzene rings is 1. The molecule has 0 saturated carbocycles. The van der Waals surface area contributed by atoms with E-state index in [-0.39, 0.29) is 5.60 Å². The molecule has 2 aromatic rings. The molecule has 0 atom stereocenters. The van der Waals surface area contributed by atoms with Gasteiger partial charge in [0.15, 0.2) is 0 Å². The van der Waals surface area contributed by atoms with E-state index >= 15 is 0 Å². The molecule has 1 aromatic heterocycles. The quantitative estimate of drug-likeness (QED) is 0.762. The largest absolute Gasteiger partial charge is 0.416 e. The van der Waals surface area contributed by atoms with Crippen molar-refractivity contribution in [2.75, 3.05) is 18.0 Å². The van der Waals surface area contributed by atoms with E-state index in [0.29, 0.717) is 31.2 Å². The highest BCUT2D eigenvalue weighted by Crippen LogP contribution is 2.44. The van der Waals surface area contributed by atoms with Crippen molar-refractivity contribution < 1.29 is 17.9 Å². The smallest absolute Gasteiger partial charge is 0.365 e. The van der Waals surface area contributed by atoms with Gasteiger partial charge in [-0.3, -0.25) is 0 Å². The van der Waals surface area contributed by atoms with E-state index in [4.69, 9.17) is 4.74 Å². The average molecular weight is 348 g/mol. The highest BCUT2D eigenvalue weighted by molar-refractivity contribution is 5.45. The van der Waals surface area contributed by atoms with Crippen LogP contribution in [0.25, 0.3) is 0 Å². The van der Waals surface area contributed by atoms with Gasteiger partial charge in [-0.15, -0.1) is 0 Å². The molecular weight excluding hydrogens is 329 g/mol. The van der Waals surface area contributed by atoms with Crippen LogP contribution >= 0.6 is 0 Å². The minimum absolute atomic E-state index is 0.302. The van der Waals surface area contributed by atoms with Gasteiger partial charge in [-0.1, -0.05) is 24.3 Å². The van der Waals surface area contributed by atoms with Crippen molar-refractivity contribution in [3.8, 4) is 0 Å². The van der Waals surface area contributed by atoms with Crippen LogP contribution in [0.3, 0.4) is 0 Å². The van der Waals surface area contributed by atoms with Crippen molar-refractivity contribution in [2.45, 2.75) is 38.1 Å². The third-order valence-electron chi connectivity index (χ3n) is 5.17. The first-order valence-electron chi connectivity index (χ1n) is 8.41. The maximum absolute atomic E-state index is 13.1. The summed E-state index contributed by atoms with van der Waals surface area (Å²) in [5.74, 6) is 0.397. The lowest BCUT2D eigenvalue weighted by atomic mass is 9.84. The van der Waals surface area contributed by atoms with E-state index in [0.717, 1.165) is 25.0 Å². The van der Waals surface area contributed by atoms with E-state index in [9.17, 15) is 13.2 Å². The second kappa shape index (κ2) is 5.73. The van der Waals surface area contributed by atoms with E-state index in [1.54, 1.807) is 6.92 Å². The second-order valence-electron chi connectivity index (χ2n) is 6.78. The number of halogens is 3. The number of hydrogen-bond donors (Lipinski definition) is 0. The Morgan fingerprint density at radius 2 is 1.84 bits per heavy atom. The van der Waals surface area contributed by atoms with Crippen LogP contribution in [0.4, 0.5) is 19.0 Å². The van der Waals surface area contributed by atoms with Gasteiger partial charge in [-0.2, -0.15) is 13.2 Å². The lowest BCUT2D eigenvalue weighted by molar-refractivity contribution is -0.137. The van der Waals surface area contributed by atoms with E-state index in [1.165, 1.54) is 11.1 Å². The van der Waals surface area contributed by atoms with E-state index in [1.807, 2.05) is 17.0 Å². The topological polar surface area (TPSA) is 25.4 Å². The SMILES string of the molecule is Cc1cc(C(F)(F)F)cc(N2CCC3(CC2)OCc2ccccc23)n1. The number of alkyl halides is 3. The first-order valence-corrected chi connectivity index (χ1v) is 8.41. The molecule has 2 aliphatic heterocycles. The van der Waals surface area contributed by atoms with Gasteiger partial charge >= 0.3 is 6.18 Å². The molecule has 4 rings (SSSR count). The number of ether oxygens (including phenoxy) is 1. The number of aromatic nitrogens is 1. The zero-order valence-corrected chi connectivity index (χ0v) is 13.9. The predicted octanol–water partition coefficient (Wildman–Crippen LogP) is 4.43. The summed E-state index contributed by atoms with van der Waals surface area (Å²) in [4.78, 5) is 6.24. The Kier molecular flexibility index (Phi) is 3.76. The van der Waals surface area contributed by atoms with Crippen molar-refractivity contribution >= 4 is 5.82 Å². The number of aryl methyl sites for hydroxylation is 1. The average Bonchev–Trinajstić information content (AvgIpc) is 2.93. The number of rotatable bonds is 1. The molecule has 1 fully saturated rings. The number of nitrogens with zero attached hydrogens (tertiary/aromatic N) is 2. The van der Waals surface area contributed by atoms with Gasteiger partial charge in [0, 0.05) is 18.8 Å².